The first kappa shape index (κ1) is 10.7. The van der Waals surface area contributed by atoms with Crippen LogP contribution < -0.4 is 0 Å². The zero-order chi connectivity index (χ0) is 12.1. The Bertz CT molecular complexity index is 568. The van der Waals surface area contributed by atoms with Crippen LogP contribution in [0.2, 0.25) is 0 Å². The molecule has 2 saturated carbocycles. The van der Waals surface area contributed by atoms with Gasteiger partial charge in [0.05, 0.1) is 0 Å². The van der Waals surface area contributed by atoms with Crippen LogP contribution in [-0.4, -0.2) is 4.57 Å². The Hall–Kier alpha value is -1.24. The van der Waals surface area contributed by atoms with Crippen molar-refractivity contribution in [3.63, 3.8) is 0 Å². The number of para-hydroxylation sites is 1. The van der Waals surface area contributed by atoms with Crippen molar-refractivity contribution in [1.82, 2.24) is 4.57 Å². The standard InChI is InChI=1S/C17H21N/c1-18-16-5-3-2-4-14(16)11-17(18)15-9-12-6-7-13(8-12)10-15/h2-5,11-13,15H,6-10H2,1H3/t12-,13+,15?. The Morgan fingerprint density at radius 2 is 1.72 bits per heavy atom. The lowest BCUT2D eigenvalue weighted by atomic mass is 9.79. The molecule has 0 aliphatic heterocycles. The molecule has 0 spiro atoms. The number of aromatic nitrogens is 1. The first-order valence-electron chi connectivity index (χ1n) is 7.35. The largest absolute Gasteiger partial charge is 0.347 e. The molecule has 2 aromatic rings. The molecule has 1 nitrogen and oxygen atoms in total. The van der Waals surface area contributed by atoms with Gasteiger partial charge in [0, 0.05) is 18.3 Å². The van der Waals surface area contributed by atoms with Crippen LogP contribution >= 0.6 is 0 Å². The summed E-state index contributed by atoms with van der Waals surface area (Å²) in [6.07, 6.45) is 7.36. The maximum Gasteiger partial charge on any atom is 0.0479 e. The Labute approximate surface area is 109 Å². The molecule has 0 N–H and O–H groups in total. The fourth-order valence-electron chi connectivity index (χ4n) is 4.45. The van der Waals surface area contributed by atoms with Crippen molar-refractivity contribution in [3.05, 3.63) is 36.0 Å². The molecule has 1 unspecified atom stereocenters. The van der Waals surface area contributed by atoms with Crippen LogP contribution in [0.5, 0.6) is 0 Å². The van der Waals surface area contributed by atoms with E-state index in [0.717, 1.165) is 17.8 Å². The Kier molecular flexibility index (Phi) is 2.30. The third-order valence-corrected chi connectivity index (χ3v) is 5.29. The van der Waals surface area contributed by atoms with Crippen molar-refractivity contribution < 1.29 is 0 Å². The molecule has 0 radical (unpaired) electrons. The van der Waals surface area contributed by atoms with Crippen LogP contribution in [-0.2, 0) is 7.05 Å². The van der Waals surface area contributed by atoms with Gasteiger partial charge in [0.15, 0.2) is 0 Å². The molecule has 2 fully saturated rings. The number of nitrogens with zero attached hydrogens (tertiary/aromatic N) is 1. The molecule has 18 heavy (non-hydrogen) atoms. The van der Waals surface area contributed by atoms with Crippen LogP contribution in [0.4, 0.5) is 0 Å². The van der Waals surface area contributed by atoms with Crippen molar-refractivity contribution in [2.75, 3.05) is 0 Å². The van der Waals surface area contributed by atoms with E-state index in [-0.39, 0.29) is 0 Å². The predicted octanol–water partition coefficient (Wildman–Crippen LogP) is 4.47. The van der Waals surface area contributed by atoms with Gasteiger partial charge in [0.25, 0.3) is 0 Å². The van der Waals surface area contributed by atoms with Crippen molar-refractivity contribution in [3.8, 4) is 0 Å². The fourth-order valence-corrected chi connectivity index (χ4v) is 4.45. The normalized spacial score (nSPS) is 31.1. The van der Waals surface area contributed by atoms with Gasteiger partial charge in [-0.1, -0.05) is 31.0 Å². The number of benzene rings is 1. The summed E-state index contributed by atoms with van der Waals surface area (Å²) in [4.78, 5) is 0. The average Bonchev–Trinajstić information content (AvgIpc) is 2.91. The minimum atomic E-state index is 0.814. The molecule has 1 aromatic carbocycles. The maximum absolute atomic E-state index is 2.44. The van der Waals surface area contributed by atoms with Crippen molar-refractivity contribution in [2.24, 2.45) is 18.9 Å². The highest BCUT2D eigenvalue weighted by atomic mass is 14.9. The second kappa shape index (κ2) is 3.88. The van der Waals surface area contributed by atoms with Gasteiger partial charge in [-0.25, -0.2) is 0 Å². The van der Waals surface area contributed by atoms with E-state index in [2.05, 4.69) is 41.9 Å². The minimum Gasteiger partial charge on any atom is -0.347 e. The second-order valence-electron chi connectivity index (χ2n) is 6.40. The van der Waals surface area contributed by atoms with Gasteiger partial charge in [0.1, 0.15) is 0 Å². The molecule has 1 aromatic heterocycles. The summed E-state index contributed by atoms with van der Waals surface area (Å²) in [5.74, 6) is 2.85. The molecule has 0 saturated heterocycles. The number of hydrogen-bond acceptors (Lipinski definition) is 0. The van der Waals surface area contributed by atoms with Gasteiger partial charge in [-0.2, -0.15) is 0 Å². The van der Waals surface area contributed by atoms with E-state index < -0.39 is 0 Å². The van der Waals surface area contributed by atoms with Crippen LogP contribution in [0.15, 0.2) is 30.3 Å². The topological polar surface area (TPSA) is 4.93 Å². The third-order valence-electron chi connectivity index (χ3n) is 5.29. The summed E-state index contributed by atoms with van der Waals surface area (Å²) in [5, 5.41) is 1.41. The van der Waals surface area contributed by atoms with Gasteiger partial charge < -0.3 is 4.57 Å². The van der Waals surface area contributed by atoms with E-state index >= 15 is 0 Å². The van der Waals surface area contributed by atoms with E-state index in [9.17, 15) is 0 Å². The molecule has 2 aliphatic rings. The highest BCUT2D eigenvalue weighted by molar-refractivity contribution is 5.81. The van der Waals surface area contributed by atoms with Crippen molar-refractivity contribution in [1.29, 1.82) is 0 Å². The Balaban J connectivity index is 1.76. The Morgan fingerprint density at radius 3 is 2.44 bits per heavy atom. The lowest BCUT2D eigenvalue weighted by molar-refractivity contribution is 0.313. The smallest absolute Gasteiger partial charge is 0.0479 e. The van der Waals surface area contributed by atoms with Crippen molar-refractivity contribution in [2.45, 2.75) is 38.0 Å². The van der Waals surface area contributed by atoms with Gasteiger partial charge >= 0.3 is 0 Å². The summed E-state index contributed by atoms with van der Waals surface area (Å²) >= 11 is 0. The van der Waals surface area contributed by atoms with Gasteiger partial charge in [-0.05, 0) is 54.5 Å². The third kappa shape index (κ3) is 1.53. The van der Waals surface area contributed by atoms with E-state index in [4.69, 9.17) is 0 Å². The van der Waals surface area contributed by atoms with Gasteiger partial charge in [-0.3, -0.25) is 0 Å². The molecule has 1 heterocycles. The quantitative estimate of drug-likeness (QED) is 0.692. The molecule has 2 aliphatic carbocycles. The monoisotopic (exact) mass is 239 g/mol. The summed E-state index contributed by atoms with van der Waals surface area (Å²) < 4.78 is 2.44. The van der Waals surface area contributed by atoms with Gasteiger partial charge in [0.2, 0.25) is 0 Å². The van der Waals surface area contributed by atoms with Crippen molar-refractivity contribution >= 4 is 10.9 Å². The Morgan fingerprint density at radius 1 is 1.00 bits per heavy atom. The van der Waals surface area contributed by atoms with Crippen LogP contribution in [0.1, 0.15) is 43.7 Å². The second-order valence-corrected chi connectivity index (χ2v) is 6.40. The minimum absolute atomic E-state index is 0.814. The lowest BCUT2D eigenvalue weighted by Crippen LogP contribution is -2.16. The summed E-state index contributed by atoms with van der Waals surface area (Å²) in [6.45, 7) is 0. The van der Waals surface area contributed by atoms with Crippen LogP contribution in [0, 0.1) is 11.8 Å². The lowest BCUT2D eigenvalue weighted by Gasteiger charge is -2.28. The zero-order valence-corrected chi connectivity index (χ0v) is 11.1. The first-order chi connectivity index (χ1) is 8.81. The molecule has 2 bridgehead atoms. The zero-order valence-electron chi connectivity index (χ0n) is 11.1. The fraction of sp³-hybridized carbons (Fsp3) is 0.529. The molecular formula is C17H21N. The number of rotatable bonds is 1. The molecule has 94 valence electrons. The van der Waals surface area contributed by atoms with E-state index in [0.29, 0.717) is 0 Å². The van der Waals surface area contributed by atoms with Crippen LogP contribution in [0.3, 0.4) is 0 Å². The average molecular weight is 239 g/mol. The first-order valence-corrected chi connectivity index (χ1v) is 7.35. The molecule has 3 atom stereocenters. The van der Waals surface area contributed by atoms with Crippen LogP contribution in [0.25, 0.3) is 10.9 Å². The summed E-state index contributed by atoms with van der Waals surface area (Å²) in [5.41, 5.74) is 2.97. The molecule has 1 heteroatoms. The van der Waals surface area contributed by atoms with E-state index in [1.165, 1.54) is 43.0 Å². The van der Waals surface area contributed by atoms with Gasteiger partial charge in [-0.15, -0.1) is 0 Å². The SMILES string of the molecule is Cn1c(C2C[C@H]3CC[C@@H](C2)C3)cc2ccccc21. The summed E-state index contributed by atoms with van der Waals surface area (Å²) in [7, 11) is 2.24. The maximum atomic E-state index is 2.44. The number of hydrogen-bond donors (Lipinski definition) is 0. The van der Waals surface area contributed by atoms with E-state index in [1.807, 2.05) is 0 Å². The summed E-state index contributed by atoms with van der Waals surface area (Å²) in [6, 6.07) is 11.2. The molecular weight excluding hydrogens is 218 g/mol. The molecule has 4 rings (SSSR count). The number of aryl methyl sites for hydroxylation is 1. The number of fused-ring (bicyclic) bond motifs is 3. The van der Waals surface area contributed by atoms with E-state index in [1.54, 1.807) is 5.69 Å². The highest BCUT2D eigenvalue weighted by Gasteiger charge is 2.35. The molecule has 0 amide bonds. The highest BCUT2D eigenvalue weighted by Crippen LogP contribution is 2.48. The predicted molar refractivity (Wildman–Crippen MR) is 75.7 cm³/mol.